The first kappa shape index (κ1) is 19.2. The van der Waals surface area contributed by atoms with Crippen molar-refractivity contribution in [2.24, 2.45) is 11.7 Å². The van der Waals surface area contributed by atoms with E-state index in [0.29, 0.717) is 32.7 Å². The van der Waals surface area contributed by atoms with Gasteiger partial charge in [-0.1, -0.05) is 13.8 Å². The number of piperazine rings is 1. The van der Waals surface area contributed by atoms with E-state index < -0.39 is 6.04 Å². The lowest BCUT2D eigenvalue weighted by Gasteiger charge is -2.37. The van der Waals surface area contributed by atoms with Crippen LogP contribution in [0.15, 0.2) is 0 Å². The van der Waals surface area contributed by atoms with E-state index >= 15 is 0 Å². The Labute approximate surface area is 139 Å². The molecule has 2 saturated heterocycles. The molecule has 0 aromatic rings. The fraction of sp³-hybridized carbons (Fsp3) is 0.867. The van der Waals surface area contributed by atoms with E-state index in [0.717, 1.165) is 13.1 Å². The molecule has 2 aliphatic rings. The van der Waals surface area contributed by atoms with Crippen molar-refractivity contribution >= 4 is 24.2 Å². The lowest BCUT2D eigenvalue weighted by atomic mass is 10.0. The molecule has 0 radical (unpaired) electrons. The average molecular weight is 333 g/mol. The Morgan fingerprint density at radius 1 is 0.955 bits per heavy atom. The van der Waals surface area contributed by atoms with Gasteiger partial charge in [0.15, 0.2) is 0 Å². The molecule has 0 aromatic carbocycles. The molecule has 0 saturated carbocycles. The summed E-state index contributed by atoms with van der Waals surface area (Å²) in [5.41, 5.74) is 5.92. The van der Waals surface area contributed by atoms with Gasteiger partial charge in [-0.05, 0) is 31.8 Å². The van der Waals surface area contributed by atoms with E-state index in [1.165, 1.54) is 12.8 Å². The maximum Gasteiger partial charge on any atom is 0.239 e. The molecule has 2 N–H and O–H groups in total. The number of likely N-dealkylation sites (tertiary alicyclic amines) is 1. The lowest BCUT2D eigenvalue weighted by molar-refractivity contribution is -0.141. The largest absolute Gasteiger partial charge is 0.338 e. The number of rotatable bonds is 4. The zero-order valence-electron chi connectivity index (χ0n) is 13.7. The molecule has 0 aromatic heterocycles. The molecule has 2 fully saturated rings. The van der Waals surface area contributed by atoms with Crippen molar-refractivity contribution in [3.63, 3.8) is 0 Å². The summed E-state index contributed by atoms with van der Waals surface area (Å²) in [5, 5.41) is 0. The minimum atomic E-state index is -0.433. The maximum atomic E-state index is 12.2. The highest BCUT2D eigenvalue weighted by Crippen LogP contribution is 2.10. The summed E-state index contributed by atoms with van der Waals surface area (Å²) < 4.78 is 0. The van der Waals surface area contributed by atoms with Gasteiger partial charge in [-0.3, -0.25) is 14.5 Å². The first-order valence-corrected chi connectivity index (χ1v) is 8.03. The number of halogens is 1. The zero-order chi connectivity index (χ0) is 15.4. The summed E-state index contributed by atoms with van der Waals surface area (Å²) in [5.74, 6) is 0.348. The highest BCUT2D eigenvalue weighted by molar-refractivity contribution is 5.85. The van der Waals surface area contributed by atoms with Crippen molar-refractivity contribution in [2.45, 2.75) is 32.7 Å². The zero-order valence-corrected chi connectivity index (χ0v) is 14.5. The molecule has 1 atom stereocenters. The Hall–Kier alpha value is -0.850. The molecule has 2 amide bonds. The van der Waals surface area contributed by atoms with E-state index in [1.807, 2.05) is 18.7 Å². The van der Waals surface area contributed by atoms with Crippen LogP contribution in [0.2, 0.25) is 0 Å². The van der Waals surface area contributed by atoms with Gasteiger partial charge in [0.25, 0.3) is 0 Å². The Kier molecular flexibility index (Phi) is 7.59. The molecule has 6 nitrogen and oxygen atoms in total. The van der Waals surface area contributed by atoms with Gasteiger partial charge in [-0.25, -0.2) is 0 Å². The monoisotopic (exact) mass is 332 g/mol. The molecule has 22 heavy (non-hydrogen) atoms. The summed E-state index contributed by atoms with van der Waals surface area (Å²) in [6.07, 6.45) is 2.39. The van der Waals surface area contributed by atoms with Crippen LogP contribution in [-0.2, 0) is 9.59 Å². The number of hydrogen-bond donors (Lipinski definition) is 1. The summed E-state index contributed by atoms with van der Waals surface area (Å²) >= 11 is 0. The van der Waals surface area contributed by atoms with Crippen molar-refractivity contribution in [1.29, 1.82) is 0 Å². The lowest BCUT2D eigenvalue weighted by Crippen LogP contribution is -2.56. The molecule has 0 spiro atoms. The van der Waals surface area contributed by atoms with E-state index in [4.69, 9.17) is 5.73 Å². The summed E-state index contributed by atoms with van der Waals surface area (Å²) in [6.45, 7) is 8.97. The van der Waals surface area contributed by atoms with Crippen molar-refractivity contribution in [3.8, 4) is 0 Å². The van der Waals surface area contributed by atoms with Crippen LogP contribution in [0.4, 0.5) is 0 Å². The fourth-order valence-electron chi connectivity index (χ4n) is 2.90. The maximum absolute atomic E-state index is 12.2. The van der Waals surface area contributed by atoms with Crippen LogP contribution in [0.3, 0.4) is 0 Å². The Bertz CT molecular complexity index is 378. The van der Waals surface area contributed by atoms with E-state index in [1.54, 1.807) is 4.90 Å². The van der Waals surface area contributed by atoms with Crippen LogP contribution < -0.4 is 5.73 Å². The number of nitrogens with zero attached hydrogens (tertiary/aromatic N) is 3. The minimum Gasteiger partial charge on any atom is -0.338 e. The summed E-state index contributed by atoms with van der Waals surface area (Å²) in [6, 6.07) is -0.433. The van der Waals surface area contributed by atoms with Gasteiger partial charge >= 0.3 is 0 Å². The van der Waals surface area contributed by atoms with E-state index in [-0.39, 0.29) is 30.1 Å². The predicted molar refractivity (Wildman–Crippen MR) is 88.9 cm³/mol. The van der Waals surface area contributed by atoms with Crippen LogP contribution in [0.1, 0.15) is 26.7 Å². The Balaban J connectivity index is 0.00000242. The van der Waals surface area contributed by atoms with Crippen molar-refractivity contribution < 1.29 is 9.59 Å². The van der Waals surface area contributed by atoms with Gasteiger partial charge in [-0.15, -0.1) is 12.4 Å². The fourth-order valence-corrected chi connectivity index (χ4v) is 2.90. The molecule has 0 aliphatic carbocycles. The van der Waals surface area contributed by atoms with Gasteiger partial charge in [0.1, 0.15) is 0 Å². The van der Waals surface area contributed by atoms with Crippen molar-refractivity contribution in [1.82, 2.24) is 14.7 Å². The molecule has 0 bridgehead atoms. The Morgan fingerprint density at radius 3 is 1.95 bits per heavy atom. The second kappa shape index (κ2) is 8.70. The topological polar surface area (TPSA) is 69.9 Å². The molecule has 0 unspecified atom stereocenters. The van der Waals surface area contributed by atoms with Gasteiger partial charge in [-0.2, -0.15) is 0 Å². The van der Waals surface area contributed by atoms with Gasteiger partial charge < -0.3 is 15.5 Å². The molecule has 2 rings (SSSR count). The normalized spacial score (nSPS) is 20.9. The first-order valence-electron chi connectivity index (χ1n) is 8.03. The molecular formula is C15H29ClN4O2. The highest BCUT2D eigenvalue weighted by atomic mass is 35.5. The molecule has 2 aliphatic heterocycles. The van der Waals surface area contributed by atoms with Crippen LogP contribution >= 0.6 is 12.4 Å². The average Bonchev–Trinajstić information content (AvgIpc) is 2.98. The Morgan fingerprint density at radius 2 is 1.45 bits per heavy atom. The second-order valence-corrected chi connectivity index (χ2v) is 6.46. The third-order valence-corrected chi connectivity index (χ3v) is 4.50. The molecule has 7 heteroatoms. The standard InChI is InChI=1S/C15H28N4O2.ClH/c1-12(2)14(16)15(21)19-9-7-18(8-10-19)13(20)11-17-5-3-4-6-17;/h12,14H,3-11,16H2,1-2H3;1H/t14-;/m0./s1. The van der Waals surface area contributed by atoms with Crippen LogP contribution in [0, 0.1) is 5.92 Å². The van der Waals surface area contributed by atoms with E-state index in [9.17, 15) is 9.59 Å². The van der Waals surface area contributed by atoms with Gasteiger partial charge in [0.2, 0.25) is 11.8 Å². The third-order valence-electron chi connectivity index (χ3n) is 4.50. The number of carbonyl (C=O) groups excluding carboxylic acids is 2. The predicted octanol–water partition coefficient (Wildman–Crippen LogP) is 0.158. The SMILES string of the molecule is CC(C)[C@H](N)C(=O)N1CCN(C(=O)CN2CCCC2)CC1.Cl. The number of carbonyl (C=O) groups is 2. The third kappa shape index (κ3) is 4.83. The van der Waals surface area contributed by atoms with Crippen LogP contribution in [0.25, 0.3) is 0 Å². The molecular weight excluding hydrogens is 304 g/mol. The highest BCUT2D eigenvalue weighted by Gasteiger charge is 2.29. The first-order chi connectivity index (χ1) is 9.99. The van der Waals surface area contributed by atoms with Crippen LogP contribution in [0.5, 0.6) is 0 Å². The van der Waals surface area contributed by atoms with Crippen molar-refractivity contribution in [3.05, 3.63) is 0 Å². The summed E-state index contributed by atoms with van der Waals surface area (Å²) in [7, 11) is 0. The smallest absolute Gasteiger partial charge is 0.239 e. The van der Waals surface area contributed by atoms with E-state index in [2.05, 4.69) is 4.90 Å². The van der Waals surface area contributed by atoms with Gasteiger partial charge in [0, 0.05) is 26.2 Å². The molecule has 128 valence electrons. The molecule has 2 heterocycles. The second-order valence-electron chi connectivity index (χ2n) is 6.46. The van der Waals surface area contributed by atoms with Crippen LogP contribution in [-0.4, -0.2) is 78.4 Å². The quantitative estimate of drug-likeness (QED) is 0.796. The number of hydrogen-bond acceptors (Lipinski definition) is 4. The number of nitrogens with two attached hydrogens (primary N) is 1. The minimum absolute atomic E-state index is 0. The van der Waals surface area contributed by atoms with Crippen molar-refractivity contribution in [2.75, 3.05) is 45.8 Å². The summed E-state index contributed by atoms with van der Waals surface area (Å²) in [4.78, 5) is 30.3. The van der Waals surface area contributed by atoms with Gasteiger partial charge in [0.05, 0.1) is 12.6 Å². The number of amides is 2.